The molecule has 0 saturated heterocycles. The molecule has 1 aromatic rings. The normalized spacial score (nSPS) is 10.4. The maximum Gasteiger partial charge on any atom is 0.252 e. The van der Waals surface area contributed by atoms with Crippen molar-refractivity contribution in [1.82, 2.24) is 4.98 Å². The summed E-state index contributed by atoms with van der Waals surface area (Å²) in [6, 6.07) is 0.684. The number of rotatable bonds is 6. The lowest BCUT2D eigenvalue weighted by Crippen LogP contribution is -2.04. The molecule has 0 spiro atoms. The van der Waals surface area contributed by atoms with Crippen molar-refractivity contribution in [3.05, 3.63) is 17.7 Å². The van der Waals surface area contributed by atoms with E-state index >= 15 is 0 Å². The third kappa shape index (κ3) is 3.64. The minimum Gasteiger partial charge on any atom is -0.476 e. The minimum atomic E-state index is -0.865. The molecule has 16 heavy (non-hydrogen) atoms. The van der Waals surface area contributed by atoms with Crippen LogP contribution in [0.25, 0.3) is 0 Å². The molecule has 0 fully saturated rings. The van der Waals surface area contributed by atoms with E-state index in [0.717, 1.165) is 25.7 Å². The Morgan fingerprint density at radius 1 is 1.25 bits per heavy atom. The SMILES string of the molecule is CCCCCCOc1nc(N)c(F)cc1F. The van der Waals surface area contributed by atoms with Crippen LogP contribution in [0.5, 0.6) is 5.88 Å². The number of aromatic nitrogens is 1. The Hall–Kier alpha value is -1.39. The molecule has 2 N–H and O–H groups in total. The Morgan fingerprint density at radius 2 is 2.00 bits per heavy atom. The summed E-state index contributed by atoms with van der Waals surface area (Å²) in [5, 5.41) is 0. The summed E-state index contributed by atoms with van der Waals surface area (Å²) in [7, 11) is 0. The van der Waals surface area contributed by atoms with Gasteiger partial charge in [-0.3, -0.25) is 0 Å². The molecule has 0 aliphatic rings. The predicted octanol–water partition coefficient (Wildman–Crippen LogP) is 2.90. The Balaban J connectivity index is 2.45. The topological polar surface area (TPSA) is 48.1 Å². The van der Waals surface area contributed by atoms with E-state index in [0.29, 0.717) is 12.7 Å². The first-order valence-electron chi connectivity index (χ1n) is 5.39. The van der Waals surface area contributed by atoms with Crippen LogP contribution < -0.4 is 10.5 Å². The fourth-order valence-corrected chi connectivity index (χ4v) is 1.26. The Bertz CT molecular complexity index is 345. The third-order valence-corrected chi connectivity index (χ3v) is 2.16. The van der Waals surface area contributed by atoms with Gasteiger partial charge in [0.05, 0.1) is 6.61 Å². The summed E-state index contributed by atoms with van der Waals surface area (Å²) in [5.41, 5.74) is 5.21. The summed E-state index contributed by atoms with van der Waals surface area (Å²) in [6.45, 7) is 2.47. The highest BCUT2D eigenvalue weighted by Gasteiger charge is 2.10. The predicted molar refractivity (Wildman–Crippen MR) is 58.2 cm³/mol. The van der Waals surface area contributed by atoms with Crippen molar-refractivity contribution in [3.63, 3.8) is 0 Å². The van der Waals surface area contributed by atoms with Gasteiger partial charge < -0.3 is 10.5 Å². The number of nitrogens with two attached hydrogens (primary N) is 1. The van der Waals surface area contributed by atoms with E-state index < -0.39 is 11.6 Å². The van der Waals surface area contributed by atoms with Crippen LogP contribution in [0, 0.1) is 11.6 Å². The van der Waals surface area contributed by atoms with Crippen molar-refractivity contribution in [2.75, 3.05) is 12.3 Å². The molecular weight excluding hydrogens is 214 g/mol. The lowest BCUT2D eigenvalue weighted by atomic mass is 10.2. The number of nitrogen functional groups attached to an aromatic ring is 1. The van der Waals surface area contributed by atoms with Crippen LogP contribution in [0.2, 0.25) is 0 Å². The number of hydrogen-bond donors (Lipinski definition) is 1. The molecule has 1 heterocycles. The van der Waals surface area contributed by atoms with Crippen molar-refractivity contribution in [1.29, 1.82) is 0 Å². The highest BCUT2D eigenvalue weighted by molar-refractivity contribution is 5.34. The number of anilines is 1. The Morgan fingerprint density at radius 3 is 2.69 bits per heavy atom. The monoisotopic (exact) mass is 230 g/mol. The number of unbranched alkanes of at least 4 members (excludes halogenated alkanes) is 3. The van der Waals surface area contributed by atoms with Crippen LogP contribution in [0.4, 0.5) is 14.6 Å². The Kier molecular flexibility index (Phi) is 4.95. The van der Waals surface area contributed by atoms with Crippen molar-refractivity contribution < 1.29 is 13.5 Å². The highest BCUT2D eigenvalue weighted by Crippen LogP contribution is 2.18. The van der Waals surface area contributed by atoms with Crippen LogP contribution in [0.1, 0.15) is 32.6 Å². The maximum atomic E-state index is 13.1. The molecule has 0 radical (unpaired) electrons. The van der Waals surface area contributed by atoms with Gasteiger partial charge in [0.1, 0.15) is 0 Å². The molecule has 3 nitrogen and oxygen atoms in total. The van der Waals surface area contributed by atoms with E-state index in [-0.39, 0.29) is 11.7 Å². The van der Waals surface area contributed by atoms with Gasteiger partial charge in [0.15, 0.2) is 17.5 Å². The molecule has 0 unspecified atom stereocenters. The molecular formula is C11H16F2N2O. The largest absolute Gasteiger partial charge is 0.476 e. The van der Waals surface area contributed by atoms with Crippen LogP contribution in [-0.2, 0) is 0 Å². The smallest absolute Gasteiger partial charge is 0.252 e. The van der Waals surface area contributed by atoms with Crippen LogP contribution in [-0.4, -0.2) is 11.6 Å². The molecule has 90 valence electrons. The van der Waals surface area contributed by atoms with Gasteiger partial charge in [-0.25, -0.2) is 8.78 Å². The van der Waals surface area contributed by atoms with Crippen molar-refractivity contribution in [2.24, 2.45) is 0 Å². The quantitative estimate of drug-likeness (QED) is 0.764. The van der Waals surface area contributed by atoms with Crippen molar-refractivity contribution in [3.8, 4) is 5.88 Å². The first-order valence-corrected chi connectivity index (χ1v) is 5.39. The zero-order valence-corrected chi connectivity index (χ0v) is 9.30. The number of nitrogens with zero attached hydrogens (tertiary/aromatic N) is 1. The summed E-state index contributed by atoms with van der Waals surface area (Å²) in [5.74, 6) is -2.25. The second-order valence-electron chi connectivity index (χ2n) is 3.55. The fourth-order valence-electron chi connectivity index (χ4n) is 1.26. The van der Waals surface area contributed by atoms with Gasteiger partial charge in [-0.15, -0.1) is 0 Å². The average molecular weight is 230 g/mol. The second-order valence-corrected chi connectivity index (χ2v) is 3.55. The minimum absolute atomic E-state index is 0.226. The van der Waals surface area contributed by atoms with Gasteiger partial charge in [0, 0.05) is 6.07 Å². The van der Waals surface area contributed by atoms with E-state index in [1.165, 1.54) is 0 Å². The molecule has 0 atom stereocenters. The molecule has 0 amide bonds. The average Bonchev–Trinajstić information content (AvgIpc) is 2.25. The number of ether oxygens (including phenoxy) is 1. The molecule has 0 aliphatic heterocycles. The third-order valence-electron chi connectivity index (χ3n) is 2.16. The number of halogens is 2. The van der Waals surface area contributed by atoms with Crippen molar-refractivity contribution >= 4 is 5.82 Å². The van der Waals surface area contributed by atoms with Gasteiger partial charge >= 0.3 is 0 Å². The van der Waals surface area contributed by atoms with Gasteiger partial charge in [0.25, 0.3) is 5.88 Å². The molecule has 0 aromatic carbocycles. The molecule has 0 aliphatic carbocycles. The fraction of sp³-hybridized carbons (Fsp3) is 0.545. The standard InChI is InChI=1S/C11H16F2N2O/c1-2-3-4-5-6-16-11-9(13)7-8(12)10(14)15-11/h7H,2-6H2,1H3,(H2,14,15). The molecule has 1 aromatic heterocycles. The molecule has 0 bridgehead atoms. The number of hydrogen-bond acceptors (Lipinski definition) is 3. The van der Waals surface area contributed by atoms with Crippen LogP contribution in [0.3, 0.4) is 0 Å². The summed E-state index contributed by atoms with van der Waals surface area (Å²) in [4.78, 5) is 3.50. The van der Waals surface area contributed by atoms with E-state index in [4.69, 9.17) is 10.5 Å². The zero-order valence-electron chi connectivity index (χ0n) is 9.30. The van der Waals surface area contributed by atoms with Gasteiger partial charge in [0.2, 0.25) is 0 Å². The molecule has 0 saturated carbocycles. The first-order chi connectivity index (χ1) is 7.65. The van der Waals surface area contributed by atoms with Crippen LogP contribution >= 0.6 is 0 Å². The van der Waals surface area contributed by atoms with Crippen LogP contribution in [0.15, 0.2) is 6.07 Å². The lowest BCUT2D eigenvalue weighted by Gasteiger charge is -2.06. The van der Waals surface area contributed by atoms with Crippen molar-refractivity contribution in [2.45, 2.75) is 32.6 Å². The van der Waals surface area contributed by atoms with Gasteiger partial charge in [-0.05, 0) is 6.42 Å². The lowest BCUT2D eigenvalue weighted by molar-refractivity contribution is 0.278. The van der Waals surface area contributed by atoms with E-state index in [2.05, 4.69) is 11.9 Å². The highest BCUT2D eigenvalue weighted by atomic mass is 19.1. The molecule has 5 heteroatoms. The van der Waals surface area contributed by atoms with E-state index in [9.17, 15) is 8.78 Å². The second kappa shape index (κ2) is 6.25. The van der Waals surface area contributed by atoms with E-state index in [1.54, 1.807) is 0 Å². The summed E-state index contributed by atoms with van der Waals surface area (Å²) < 4.78 is 31.0. The van der Waals surface area contributed by atoms with Gasteiger partial charge in [-0.1, -0.05) is 26.2 Å². The first kappa shape index (κ1) is 12.7. The maximum absolute atomic E-state index is 13.1. The molecule has 1 rings (SSSR count). The van der Waals surface area contributed by atoms with E-state index in [1.807, 2.05) is 0 Å². The summed E-state index contributed by atoms with van der Waals surface area (Å²) >= 11 is 0. The Labute approximate surface area is 93.6 Å². The summed E-state index contributed by atoms with van der Waals surface area (Å²) in [6.07, 6.45) is 4.09. The zero-order chi connectivity index (χ0) is 12.0. The number of pyridine rings is 1. The van der Waals surface area contributed by atoms with Gasteiger partial charge in [-0.2, -0.15) is 4.98 Å².